The first kappa shape index (κ1) is 5.40. The number of hydrogen-bond acceptors (Lipinski definition) is 0. The van der Waals surface area contributed by atoms with Crippen molar-refractivity contribution in [2.45, 2.75) is 19.8 Å². The summed E-state index contributed by atoms with van der Waals surface area (Å²) in [5, 5.41) is 0. The number of hydrogen-bond donors (Lipinski definition) is 0. The van der Waals surface area contributed by atoms with E-state index >= 15 is 0 Å². The molecule has 4 aliphatic rings. The van der Waals surface area contributed by atoms with Gasteiger partial charge in [-0.25, -0.2) is 0 Å². The largest absolute Gasteiger partial charge is 0.0879 e. The minimum atomic E-state index is 0.931. The molecular formula is C11H14. The molecule has 0 amide bonds. The van der Waals surface area contributed by atoms with Gasteiger partial charge in [0.2, 0.25) is 0 Å². The predicted octanol–water partition coefficient (Wildman–Crippen LogP) is 2.46. The van der Waals surface area contributed by atoms with Crippen molar-refractivity contribution in [3.05, 3.63) is 12.2 Å². The van der Waals surface area contributed by atoms with Gasteiger partial charge in [0, 0.05) is 0 Å². The summed E-state index contributed by atoms with van der Waals surface area (Å²) in [6.07, 6.45) is 7.95. The molecular weight excluding hydrogens is 132 g/mol. The summed E-state index contributed by atoms with van der Waals surface area (Å²) < 4.78 is 0. The molecule has 0 aliphatic heterocycles. The van der Waals surface area contributed by atoms with Gasteiger partial charge in [-0.2, -0.15) is 0 Å². The Labute approximate surface area is 67.7 Å². The van der Waals surface area contributed by atoms with Crippen molar-refractivity contribution in [3.63, 3.8) is 0 Å². The van der Waals surface area contributed by atoms with Gasteiger partial charge in [-0.15, -0.1) is 0 Å². The third-order valence-corrected chi connectivity index (χ3v) is 5.19. The molecule has 0 bridgehead atoms. The Morgan fingerprint density at radius 2 is 2.36 bits per heavy atom. The van der Waals surface area contributed by atoms with Crippen molar-refractivity contribution in [3.8, 4) is 0 Å². The molecule has 0 radical (unpaired) electrons. The monoisotopic (exact) mass is 146 g/mol. The van der Waals surface area contributed by atoms with Crippen LogP contribution >= 0.6 is 0 Å². The molecule has 4 aliphatic carbocycles. The maximum atomic E-state index is 2.52. The Hall–Kier alpha value is -0.260. The Morgan fingerprint density at radius 3 is 3.27 bits per heavy atom. The summed E-state index contributed by atoms with van der Waals surface area (Å²) >= 11 is 0. The summed E-state index contributed by atoms with van der Waals surface area (Å²) in [5.74, 6) is 5.55. The van der Waals surface area contributed by atoms with Crippen LogP contribution < -0.4 is 0 Å². The van der Waals surface area contributed by atoms with Crippen LogP contribution in [0.1, 0.15) is 19.8 Å². The van der Waals surface area contributed by atoms with Gasteiger partial charge >= 0.3 is 0 Å². The number of allylic oxidation sites excluding steroid dienone is 2. The van der Waals surface area contributed by atoms with Crippen molar-refractivity contribution in [1.29, 1.82) is 0 Å². The molecule has 3 fully saturated rings. The van der Waals surface area contributed by atoms with Crippen LogP contribution in [0.2, 0.25) is 0 Å². The van der Waals surface area contributed by atoms with Crippen molar-refractivity contribution in [2.24, 2.45) is 35.0 Å². The first-order chi connectivity index (χ1) is 5.36. The second-order valence-electron chi connectivity index (χ2n) is 5.14. The average molecular weight is 146 g/mol. The predicted molar refractivity (Wildman–Crippen MR) is 43.9 cm³/mol. The highest BCUT2D eigenvalue weighted by molar-refractivity contribution is 5.35. The summed E-state index contributed by atoms with van der Waals surface area (Å²) in [7, 11) is 0. The van der Waals surface area contributed by atoms with E-state index in [1.807, 2.05) is 0 Å². The molecule has 0 heteroatoms. The van der Waals surface area contributed by atoms with Crippen LogP contribution in [0.15, 0.2) is 12.2 Å². The van der Waals surface area contributed by atoms with E-state index in [1.54, 1.807) is 6.42 Å². The molecule has 4 rings (SSSR count). The summed E-state index contributed by atoms with van der Waals surface area (Å²) in [4.78, 5) is 0. The summed E-state index contributed by atoms with van der Waals surface area (Å²) in [6.45, 7) is 2.49. The SMILES string of the molecule is CC1C2C3CC=CC3C3CC132. The summed E-state index contributed by atoms with van der Waals surface area (Å²) in [6, 6.07) is 0. The molecule has 0 aromatic carbocycles. The molecule has 0 N–H and O–H groups in total. The number of rotatable bonds is 0. The third-order valence-electron chi connectivity index (χ3n) is 5.19. The van der Waals surface area contributed by atoms with Gasteiger partial charge in [-0.3, -0.25) is 0 Å². The molecule has 58 valence electrons. The normalized spacial score (nSPS) is 74.1. The van der Waals surface area contributed by atoms with Crippen LogP contribution in [-0.4, -0.2) is 0 Å². The Balaban J connectivity index is 1.83. The highest BCUT2D eigenvalue weighted by Crippen LogP contribution is 2.89. The van der Waals surface area contributed by atoms with Crippen molar-refractivity contribution >= 4 is 0 Å². The minimum absolute atomic E-state index is 0.931. The maximum absolute atomic E-state index is 2.52. The van der Waals surface area contributed by atoms with Crippen molar-refractivity contribution in [1.82, 2.24) is 0 Å². The van der Waals surface area contributed by atoms with E-state index in [9.17, 15) is 0 Å². The number of fused-ring (bicyclic) bond motifs is 3. The Bertz CT molecular complexity index is 265. The lowest BCUT2D eigenvalue weighted by molar-refractivity contribution is 0.362. The highest BCUT2D eigenvalue weighted by Gasteiger charge is 2.84. The molecule has 0 aromatic heterocycles. The fourth-order valence-corrected chi connectivity index (χ4v) is 4.70. The van der Waals surface area contributed by atoms with E-state index in [-0.39, 0.29) is 0 Å². The molecule has 0 saturated heterocycles. The third kappa shape index (κ3) is 0.352. The van der Waals surface area contributed by atoms with Gasteiger partial charge in [0.25, 0.3) is 0 Å². The molecule has 0 aromatic rings. The molecule has 6 unspecified atom stereocenters. The Morgan fingerprint density at radius 1 is 1.45 bits per heavy atom. The molecule has 6 atom stereocenters. The minimum Gasteiger partial charge on any atom is -0.0879 e. The molecule has 0 heterocycles. The van der Waals surface area contributed by atoms with Gasteiger partial charge in [-0.1, -0.05) is 19.1 Å². The highest BCUT2D eigenvalue weighted by atomic mass is 14.9. The molecule has 11 heavy (non-hydrogen) atoms. The second kappa shape index (κ2) is 1.22. The van der Waals surface area contributed by atoms with Crippen LogP contribution in [0.5, 0.6) is 0 Å². The molecule has 3 saturated carbocycles. The van der Waals surface area contributed by atoms with Crippen LogP contribution in [-0.2, 0) is 0 Å². The second-order valence-corrected chi connectivity index (χ2v) is 5.14. The van der Waals surface area contributed by atoms with Gasteiger partial charge in [0.15, 0.2) is 0 Å². The van der Waals surface area contributed by atoms with Crippen molar-refractivity contribution in [2.75, 3.05) is 0 Å². The van der Waals surface area contributed by atoms with Crippen LogP contribution in [0.25, 0.3) is 0 Å². The van der Waals surface area contributed by atoms with Gasteiger partial charge in [0.1, 0.15) is 0 Å². The van der Waals surface area contributed by atoms with Crippen LogP contribution in [0, 0.1) is 35.0 Å². The van der Waals surface area contributed by atoms with Gasteiger partial charge < -0.3 is 0 Å². The van der Waals surface area contributed by atoms with E-state index in [0.717, 1.165) is 35.0 Å². The topological polar surface area (TPSA) is 0 Å². The first-order valence-electron chi connectivity index (χ1n) is 5.02. The quantitative estimate of drug-likeness (QED) is 0.460. The van der Waals surface area contributed by atoms with E-state index in [2.05, 4.69) is 19.1 Å². The lowest BCUT2D eigenvalue weighted by Gasteiger charge is -2.15. The summed E-state index contributed by atoms with van der Waals surface area (Å²) in [5.41, 5.74) is 0.931. The van der Waals surface area contributed by atoms with Crippen LogP contribution in [0.3, 0.4) is 0 Å². The van der Waals surface area contributed by atoms with E-state index < -0.39 is 0 Å². The first-order valence-corrected chi connectivity index (χ1v) is 5.02. The van der Waals surface area contributed by atoms with E-state index in [4.69, 9.17) is 0 Å². The standard InChI is InChI=1S/C11H14/c1-6-10-8-4-2-3-7(8)9-5-11(6,9)10/h2-3,6-10H,4-5H2,1H3. The fourth-order valence-electron chi connectivity index (χ4n) is 4.70. The Kier molecular flexibility index (Phi) is 0.596. The lowest BCUT2D eigenvalue weighted by Crippen LogP contribution is -2.09. The van der Waals surface area contributed by atoms with E-state index in [0.29, 0.717) is 0 Å². The zero-order valence-electron chi connectivity index (χ0n) is 6.96. The lowest BCUT2D eigenvalue weighted by atomic mass is 9.89. The smallest absolute Gasteiger partial charge is 0.0165 e. The average Bonchev–Trinajstić information content (AvgIpc) is 2.73. The zero-order chi connectivity index (χ0) is 7.22. The van der Waals surface area contributed by atoms with Crippen molar-refractivity contribution < 1.29 is 0 Å². The van der Waals surface area contributed by atoms with Gasteiger partial charge in [0.05, 0.1) is 0 Å². The van der Waals surface area contributed by atoms with E-state index in [1.165, 1.54) is 6.42 Å². The molecule has 1 spiro atoms. The van der Waals surface area contributed by atoms with Gasteiger partial charge in [-0.05, 0) is 47.8 Å². The van der Waals surface area contributed by atoms with Crippen LogP contribution in [0.4, 0.5) is 0 Å². The fraction of sp³-hybridized carbons (Fsp3) is 0.818. The maximum Gasteiger partial charge on any atom is -0.0165 e. The molecule has 0 nitrogen and oxygen atoms in total. The zero-order valence-corrected chi connectivity index (χ0v) is 6.96.